The monoisotopic (exact) mass is 409 g/mol. The van der Waals surface area contributed by atoms with Crippen molar-refractivity contribution >= 4 is 35.1 Å². The summed E-state index contributed by atoms with van der Waals surface area (Å²) in [5, 5.41) is 2.80. The molecule has 3 aromatic carbocycles. The molecule has 144 valence electrons. The van der Waals surface area contributed by atoms with E-state index in [9.17, 15) is 4.79 Å². The summed E-state index contributed by atoms with van der Waals surface area (Å²) in [7, 11) is 1.64. The topological polar surface area (TPSA) is 38.3 Å². The average Bonchev–Trinajstić information content (AvgIpc) is 2.74. The number of hydrogen-bond donors (Lipinski definition) is 1. The zero-order valence-corrected chi connectivity index (χ0v) is 17.6. The third-order valence-electron chi connectivity index (χ3n) is 4.11. The third kappa shape index (κ3) is 6.08. The van der Waals surface area contributed by atoms with E-state index >= 15 is 0 Å². The molecule has 1 N–H and O–H groups in total. The van der Waals surface area contributed by atoms with E-state index in [1.165, 1.54) is 22.2 Å². The van der Waals surface area contributed by atoms with E-state index in [0.29, 0.717) is 0 Å². The summed E-state index contributed by atoms with van der Waals surface area (Å²) in [6, 6.07) is 26.1. The molecule has 0 aliphatic heterocycles. The van der Waals surface area contributed by atoms with Crippen LogP contribution >= 0.6 is 23.5 Å². The van der Waals surface area contributed by atoms with Gasteiger partial charge in [-0.15, -0.1) is 23.5 Å². The second-order valence-electron chi connectivity index (χ2n) is 6.22. The lowest BCUT2D eigenvalue weighted by atomic mass is 10.2. The summed E-state index contributed by atoms with van der Waals surface area (Å²) in [6.07, 6.45) is 0. The molecule has 1 atom stereocenters. The molecule has 28 heavy (non-hydrogen) atoms. The first kappa shape index (κ1) is 20.4. The quantitative estimate of drug-likeness (QED) is 0.456. The van der Waals surface area contributed by atoms with Crippen molar-refractivity contribution in [2.45, 2.75) is 27.7 Å². The van der Waals surface area contributed by atoms with E-state index < -0.39 is 0 Å². The van der Waals surface area contributed by atoms with Crippen LogP contribution in [0.3, 0.4) is 0 Å². The minimum atomic E-state index is -0.193. The fourth-order valence-corrected chi connectivity index (χ4v) is 4.27. The van der Waals surface area contributed by atoms with E-state index in [-0.39, 0.29) is 11.2 Å². The number of benzene rings is 3. The highest BCUT2D eigenvalue weighted by Gasteiger charge is 2.14. The van der Waals surface area contributed by atoms with Crippen LogP contribution < -0.4 is 10.1 Å². The van der Waals surface area contributed by atoms with Gasteiger partial charge >= 0.3 is 0 Å². The van der Waals surface area contributed by atoms with Gasteiger partial charge in [0.2, 0.25) is 5.91 Å². The lowest BCUT2D eigenvalue weighted by molar-refractivity contribution is -0.115. The maximum Gasteiger partial charge on any atom is 0.237 e. The van der Waals surface area contributed by atoms with E-state index in [1.807, 2.05) is 61.5 Å². The second-order valence-corrected chi connectivity index (χ2v) is 8.69. The summed E-state index contributed by atoms with van der Waals surface area (Å²) in [4.78, 5) is 14.8. The van der Waals surface area contributed by atoms with Crippen LogP contribution in [-0.2, 0) is 10.5 Å². The minimum Gasteiger partial charge on any atom is -0.497 e. The number of carbonyl (C=O) groups is 1. The average molecular weight is 410 g/mol. The lowest BCUT2D eigenvalue weighted by Gasteiger charge is -2.13. The van der Waals surface area contributed by atoms with Crippen molar-refractivity contribution in [3.05, 3.63) is 84.4 Å². The van der Waals surface area contributed by atoms with Gasteiger partial charge in [0, 0.05) is 21.2 Å². The Morgan fingerprint density at radius 3 is 2.25 bits per heavy atom. The van der Waals surface area contributed by atoms with Gasteiger partial charge in [0.05, 0.1) is 12.4 Å². The molecule has 0 radical (unpaired) electrons. The molecule has 3 rings (SSSR count). The van der Waals surface area contributed by atoms with Gasteiger partial charge in [0.25, 0.3) is 0 Å². The normalized spacial score (nSPS) is 11.6. The van der Waals surface area contributed by atoms with Crippen LogP contribution in [0.15, 0.2) is 88.7 Å². The second kappa shape index (κ2) is 10.2. The van der Waals surface area contributed by atoms with Crippen LogP contribution in [0.4, 0.5) is 5.69 Å². The van der Waals surface area contributed by atoms with Gasteiger partial charge in [-0.1, -0.05) is 30.3 Å². The van der Waals surface area contributed by atoms with Crippen molar-refractivity contribution in [2.24, 2.45) is 0 Å². The zero-order chi connectivity index (χ0) is 19.8. The van der Waals surface area contributed by atoms with Gasteiger partial charge in [0.15, 0.2) is 0 Å². The van der Waals surface area contributed by atoms with Crippen molar-refractivity contribution in [1.29, 1.82) is 0 Å². The molecule has 1 amide bonds. The van der Waals surface area contributed by atoms with Gasteiger partial charge in [-0.05, 0) is 61.0 Å². The number of hydrogen-bond acceptors (Lipinski definition) is 4. The summed E-state index contributed by atoms with van der Waals surface area (Å²) in [5.74, 6) is 1.71. The molecule has 3 nitrogen and oxygen atoms in total. The molecule has 0 aliphatic rings. The standard InChI is InChI=1S/C23H23NO2S2/c1-17(28-22-14-12-20(26-2)13-15-22)23(25)24-19-10-8-18(9-11-19)16-27-21-6-4-3-5-7-21/h3-15,17H,16H2,1-2H3,(H,24,25)/t17-/m0/s1. The molecule has 0 unspecified atom stereocenters. The smallest absolute Gasteiger partial charge is 0.237 e. The Hall–Kier alpha value is -2.37. The van der Waals surface area contributed by atoms with Crippen molar-refractivity contribution < 1.29 is 9.53 Å². The lowest BCUT2D eigenvalue weighted by Crippen LogP contribution is -2.22. The molecule has 0 aromatic heterocycles. The molecule has 0 saturated heterocycles. The Kier molecular flexibility index (Phi) is 7.46. The fraction of sp³-hybridized carbons (Fsp3) is 0.174. The summed E-state index contributed by atoms with van der Waals surface area (Å²) >= 11 is 3.33. The number of thioether (sulfide) groups is 2. The Bertz CT molecular complexity index is 881. The van der Waals surface area contributed by atoms with Gasteiger partial charge in [0.1, 0.15) is 5.75 Å². The molecule has 0 saturated carbocycles. The molecule has 0 heterocycles. The first-order valence-electron chi connectivity index (χ1n) is 9.02. The van der Waals surface area contributed by atoms with Crippen LogP contribution in [0, 0.1) is 0 Å². The molecule has 0 fully saturated rings. The predicted molar refractivity (Wildman–Crippen MR) is 119 cm³/mol. The summed E-state index contributed by atoms with van der Waals surface area (Å²) in [5.41, 5.74) is 2.05. The highest BCUT2D eigenvalue weighted by molar-refractivity contribution is 8.00. The molecule has 0 bridgehead atoms. The summed E-state index contributed by atoms with van der Waals surface area (Å²) < 4.78 is 5.16. The SMILES string of the molecule is COc1ccc(S[C@@H](C)C(=O)Nc2ccc(CSc3ccccc3)cc2)cc1. The van der Waals surface area contributed by atoms with Crippen LogP contribution in [-0.4, -0.2) is 18.3 Å². The van der Waals surface area contributed by atoms with Crippen molar-refractivity contribution in [2.75, 3.05) is 12.4 Å². The molecule has 0 spiro atoms. The van der Waals surface area contributed by atoms with Gasteiger partial charge in [-0.25, -0.2) is 0 Å². The van der Waals surface area contributed by atoms with Crippen LogP contribution in [0.1, 0.15) is 12.5 Å². The van der Waals surface area contributed by atoms with Crippen molar-refractivity contribution in [3.63, 3.8) is 0 Å². The van der Waals surface area contributed by atoms with Crippen LogP contribution in [0.5, 0.6) is 5.75 Å². The number of carbonyl (C=O) groups excluding carboxylic acids is 1. The highest BCUT2D eigenvalue weighted by Crippen LogP contribution is 2.27. The fourth-order valence-electron chi connectivity index (χ4n) is 2.52. The Balaban J connectivity index is 1.50. The van der Waals surface area contributed by atoms with E-state index in [4.69, 9.17) is 4.74 Å². The summed E-state index contributed by atoms with van der Waals surface area (Å²) in [6.45, 7) is 1.91. The largest absolute Gasteiger partial charge is 0.497 e. The van der Waals surface area contributed by atoms with E-state index in [1.54, 1.807) is 18.9 Å². The maximum atomic E-state index is 12.5. The van der Waals surface area contributed by atoms with Crippen molar-refractivity contribution in [1.82, 2.24) is 0 Å². The van der Waals surface area contributed by atoms with E-state index in [2.05, 4.69) is 29.6 Å². The Morgan fingerprint density at radius 2 is 1.61 bits per heavy atom. The molecule has 0 aliphatic carbocycles. The first-order chi connectivity index (χ1) is 13.6. The van der Waals surface area contributed by atoms with Gasteiger partial charge < -0.3 is 10.1 Å². The maximum absolute atomic E-state index is 12.5. The molecule has 5 heteroatoms. The Labute approximate surface area is 174 Å². The van der Waals surface area contributed by atoms with E-state index in [0.717, 1.165) is 22.1 Å². The Morgan fingerprint density at radius 1 is 0.929 bits per heavy atom. The number of anilines is 1. The van der Waals surface area contributed by atoms with Gasteiger partial charge in [-0.2, -0.15) is 0 Å². The molecular weight excluding hydrogens is 386 g/mol. The number of nitrogens with one attached hydrogen (secondary N) is 1. The minimum absolute atomic E-state index is 0.00720. The number of amides is 1. The third-order valence-corrected chi connectivity index (χ3v) is 6.31. The van der Waals surface area contributed by atoms with Crippen molar-refractivity contribution in [3.8, 4) is 5.75 Å². The zero-order valence-electron chi connectivity index (χ0n) is 15.9. The highest BCUT2D eigenvalue weighted by atomic mass is 32.2. The number of rotatable bonds is 8. The van der Waals surface area contributed by atoms with Crippen LogP contribution in [0.2, 0.25) is 0 Å². The molecular formula is C23H23NO2S2. The number of ether oxygens (including phenoxy) is 1. The first-order valence-corrected chi connectivity index (χ1v) is 10.9. The van der Waals surface area contributed by atoms with Gasteiger partial charge in [-0.3, -0.25) is 4.79 Å². The molecule has 3 aromatic rings. The number of methoxy groups -OCH3 is 1. The predicted octanol–water partition coefficient (Wildman–Crippen LogP) is 6.11. The van der Waals surface area contributed by atoms with Crippen LogP contribution in [0.25, 0.3) is 0 Å².